The van der Waals surface area contributed by atoms with Gasteiger partial charge in [-0.3, -0.25) is 5.43 Å². The Morgan fingerprint density at radius 2 is 1.69 bits per heavy atom. The number of nitrogens with one attached hydrogen (secondary N) is 2. The number of hydrazine groups is 1. The van der Waals surface area contributed by atoms with Crippen LogP contribution in [0.5, 0.6) is 0 Å². The molecule has 0 saturated carbocycles. The Hall–Kier alpha value is -3.29. The van der Waals surface area contributed by atoms with Crippen molar-refractivity contribution in [2.45, 2.75) is 32.0 Å². The average Bonchev–Trinajstić information content (AvgIpc) is 3.50. The van der Waals surface area contributed by atoms with E-state index in [-0.39, 0.29) is 6.04 Å². The van der Waals surface area contributed by atoms with E-state index in [1.807, 2.05) is 54.9 Å². The zero-order valence-corrected chi connectivity index (χ0v) is 16.1. The molecule has 0 amide bonds. The molecule has 2 aromatic carbocycles. The summed E-state index contributed by atoms with van der Waals surface area (Å²) in [6.45, 7) is 2.64. The fraction of sp³-hybridized carbons (Fsp3) is 0.227. The van der Waals surface area contributed by atoms with E-state index in [2.05, 4.69) is 44.7 Å². The predicted molar refractivity (Wildman–Crippen MR) is 110 cm³/mol. The second kappa shape index (κ2) is 7.62. The molecule has 5 rings (SSSR count). The van der Waals surface area contributed by atoms with Gasteiger partial charge in [-0.1, -0.05) is 48.5 Å². The minimum atomic E-state index is 0.152. The highest BCUT2D eigenvalue weighted by Crippen LogP contribution is 2.32. The Morgan fingerprint density at radius 1 is 0.966 bits per heavy atom. The van der Waals surface area contributed by atoms with Gasteiger partial charge in [0.2, 0.25) is 11.8 Å². The van der Waals surface area contributed by atoms with E-state index in [0.29, 0.717) is 24.4 Å². The van der Waals surface area contributed by atoms with Crippen molar-refractivity contribution in [2.24, 2.45) is 0 Å². The zero-order valence-electron chi connectivity index (χ0n) is 16.1. The third-order valence-electron chi connectivity index (χ3n) is 5.14. The van der Waals surface area contributed by atoms with Gasteiger partial charge in [0.15, 0.2) is 0 Å². The van der Waals surface area contributed by atoms with Crippen LogP contribution in [0.25, 0.3) is 22.7 Å². The van der Waals surface area contributed by atoms with E-state index in [4.69, 9.17) is 9.40 Å². The molecule has 1 aliphatic rings. The molecule has 1 aliphatic heterocycles. The normalized spacial score (nSPS) is 18.9. The molecule has 2 atom stereocenters. The van der Waals surface area contributed by atoms with E-state index in [1.165, 1.54) is 0 Å². The van der Waals surface area contributed by atoms with Gasteiger partial charge in [0, 0.05) is 17.2 Å². The molecule has 0 bridgehead atoms. The minimum Gasteiger partial charge on any atom is -0.419 e. The van der Waals surface area contributed by atoms with Crippen LogP contribution in [0.15, 0.2) is 71.4 Å². The molecule has 1 fully saturated rings. The first-order valence-corrected chi connectivity index (χ1v) is 9.77. The lowest BCUT2D eigenvalue weighted by Crippen LogP contribution is -2.29. The van der Waals surface area contributed by atoms with Crippen molar-refractivity contribution >= 4 is 0 Å². The number of hydrogen-bond acceptors (Lipinski definition) is 6. The molecule has 29 heavy (non-hydrogen) atoms. The molecule has 7 heteroatoms. The number of hydrogen-bond donors (Lipinski definition) is 2. The van der Waals surface area contributed by atoms with Gasteiger partial charge in [-0.25, -0.2) is 10.4 Å². The van der Waals surface area contributed by atoms with Crippen molar-refractivity contribution < 1.29 is 4.42 Å². The summed E-state index contributed by atoms with van der Waals surface area (Å²) in [6.07, 6.45) is 2.83. The van der Waals surface area contributed by atoms with Gasteiger partial charge in [0.05, 0.1) is 23.8 Å². The van der Waals surface area contributed by atoms with E-state index in [0.717, 1.165) is 28.9 Å². The molecular weight excluding hydrogens is 364 g/mol. The summed E-state index contributed by atoms with van der Waals surface area (Å²) in [4.78, 5) is 4.72. The van der Waals surface area contributed by atoms with Crippen molar-refractivity contribution in [2.75, 3.05) is 0 Å². The Kier molecular flexibility index (Phi) is 4.67. The molecule has 2 N–H and O–H groups in total. The maximum Gasteiger partial charge on any atom is 0.247 e. The molecule has 4 aromatic rings. The lowest BCUT2D eigenvalue weighted by molar-refractivity contribution is 0.471. The van der Waals surface area contributed by atoms with Crippen LogP contribution in [0.2, 0.25) is 0 Å². The van der Waals surface area contributed by atoms with Crippen LogP contribution >= 0.6 is 0 Å². The topological polar surface area (TPSA) is 80.8 Å². The highest BCUT2D eigenvalue weighted by atomic mass is 16.4. The molecule has 0 radical (unpaired) electrons. The first-order chi connectivity index (χ1) is 14.3. The van der Waals surface area contributed by atoms with E-state index < -0.39 is 0 Å². The molecule has 1 saturated heterocycles. The van der Waals surface area contributed by atoms with Gasteiger partial charge in [0.1, 0.15) is 6.54 Å². The molecule has 2 aromatic heterocycles. The summed E-state index contributed by atoms with van der Waals surface area (Å²) >= 11 is 0. The molecular formula is C22H22N6O. The molecule has 2 unspecified atom stereocenters. The fourth-order valence-corrected chi connectivity index (χ4v) is 3.76. The molecule has 0 spiro atoms. The van der Waals surface area contributed by atoms with Gasteiger partial charge in [-0.05, 0) is 25.5 Å². The van der Waals surface area contributed by atoms with E-state index in [9.17, 15) is 0 Å². The summed E-state index contributed by atoms with van der Waals surface area (Å²) in [6, 6.07) is 20.6. The third-order valence-corrected chi connectivity index (χ3v) is 5.14. The van der Waals surface area contributed by atoms with Gasteiger partial charge in [0.25, 0.3) is 0 Å². The minimum absolute atomic E-state index is 0.152. The SMILES string of the molecule is CC1CC(c2c(-c3ccccc3)ncn2Cc2nnc(-c3ccccc3)o2)NN1. The number of imidazole rings is 1. The van der Waals surface area contributed by atoms with Crippen LogP contribution in [0, 0.1) is 0 Å². The van der Waals surface area contributed by atoms with Crippen LogP contribution in [0.4, 0.5) is 0 Å². The molecule has 0 aliphatic carbocycles. The fourth-order valence-electron chi connectivity index (χ4n) is 3.76. The number of nitrogens with zero attached hydrogens (tertiary/aromatic N) is 4. The monoisotopic (exact) mass is 386 g/mol. The van der Waals surface area contributed by atoms with E-state index >= 15 is 0 Å². The average molecular weight is 386 g/mol. The Balaban J connectivity index is 1.49. The summed E-state index contributed by atoms with van der Waals surface area (Å²) in [5, 5.41) is 8.46. The van der Waals surface area contributed by atoms with Gasteiger partial charge in [-0.2, -0.15) is 0 Å². The standard InChI is InChI=1S/C22H22N6O/c1-15-12-18(25-24-15)21-20(16-8-4-2-5-9-16)23-14-28(21)13-19-26-27-22(29-19)17-10-6-3-7-11-17/h2-11,14-15,18,24-25H,12-13H2,1H3. The van der Waals surface area contributed by atoms with Crippen molar-refractivity contribution in [1.29, 1.82) is 0 Å². The van der Waals surface area contributed by atoms with Crippen LogP contribution in [0.3, 0.4) is 0 Å². The summed E-state index contributed by atoms with van der Waals surface area (Å²) < 4.78 is 8.02. The first kappa shape index (κ1) is 17.8. The quantitative estimate of drug-likeness (QED) is 0.546. The first-order valence-electron chi connectivity index (χ1n) is 9.77. The Morgan fingerprint density at radius 3 is 2.38 bits per heavy atom. The van der Waals surface area contributed by atoms with Crippen molar-refractivity contribution in [3.8, 4) is 22.7 Å². The molecule has 3 heterocycles. The highest BCUT2D eigenvalue weighted by Gasteiger charge is 2.28. The zero-order chi connectivity index (χ0) is 19.6. The van der Waals surface area contributed by atoms with Gasteiger partial charge in [-0.15, -0.1) is 10.2 Å². The van der Waals surface area contributed by atoms with Crippen LogP contribution in [0.1, 0.15) is 31.0 Å². The molecule has 146 valence electrons. The molecule has 7 nitrogen and oxygen atoms in total. The smallest absolute Gasteiger partial charge is 0.247 e. The van der Waals surface area contributed by atoms with Crippen molar-refractivity contribution in [3.05, 3.63) is 78.6 Å². The third kappa shape index (κ3) is 3.57. The number of rotatable bonds is 5. The second-order valence-electron chi connectivity index (χ2n) is 7.32. The number of aromatic nitrogens is 4. The van der Waals surface area contributed by atoms with Crippen LogP contribution in [-0.4, -0.2) is 25.8 Å². The summed E-state index contributed by atoms with van der Waals surface area (Å²) in [5.74, 6) is 1.08. The summed E-state index contributed by atoms with van der Waals surface area (Å²) in [5.41, 5.74) is 10.8. The van der Waals surface area contributed by atoms with Crippen LogP contribution in [-0.2, 0) is 6.54 Å². The van der Waals surface area contributed by atoms with Crippen molar-refractivity contribution in [1.82, 2.24) is 30.6 Å². The lowest BCUT2D eigenvalue weighted by Gasteiger charge is -2.15. The van der Waals surface area contributed by atoms with Gasteiger partial charge >= 0.3 is 0 Å². The summed E-state index contributed by atoms with van der Waals surface area (Å²) in [7, 11) is 0. The van der Waals surface area contributed by atoms with E-state index in [1.54, 1.807) is 0 Å². The highest BCUT2D eigenvalue weighted by molar-refractivity contribution is 5.62. The van der Waals surface area contributed by atoms with Crippen molar-refractivity contribution in [3.63, 3.8) is 0 Å². The Bertz CT molecular complexity index is 1090. The predicted octanol–water partition coefficient (Wildman–Crippen LogP) is 3.58. The lowest BCUT2D eigenvalue weighted by atomic mass is 10.0. The second-order valence-corrected chi connectivity index (χ2v) is 7.32. The maximum atomic E-state index is 5.92. The largest absolute Gasteiger partial charge is 0.419 e. The maximum absolute atomic E-state index is 5.92. The Labute approximate surface area is 168 Å². The number of benzene rings is 2. The van der Waals surface area contributed by atoms with Gasteiger partial charge < -0.3 is 8.98 Å². The van der Waals surface area contributed by atoms with Crippen LogP contribution < -0.4 is 10.9 Å².